The summed E-state index contributed by atoms with van der Waals surface area (Å²) in [5, 5.41) is 0. The second-order valence-corrected chi connectivity index (χ2v) is 7.61. The number of hydrogen-bond donors (Lipinski definition) is 0. The van der Waals surface area contributed by atoms with Gasteiger partial charge in [0.25, 0.3) is 0 Å². The zero-order valence-corrected chi connectivity index (χ0v) is 15.1. The Kier molecular flexibility index (Phi) is 4.84. The lowest BCUT2D eigenvalue weighted by molar-refractivity contribution is -0.660. The van der Waals surface area contributed by atoms with Gasteiger partial charge in [-0.05, 0) is 47.9 Å². The smallest absolute Gasteiger partial charge is 0.201 e. The van der Waals surface area contributed by atoms with Crippen LogP contribution >= 0.6 is 0 Å². The van der Waals surface area contributed by atoms with Crippen molar-refractivity contribution in [2.45, 2.75) is 58.8 Å². The van der Waals surface area contributed by atoms with Crippen LogP contribution in [0.15, 0.2) is 36.5 Å². The number of benzene rings is 1. The third kappa shape index (κ3) is 3.65. The third-order valence-corrected chi connectivity index (χ3v) is 5.42. The SMILES string of the molecule is Cc1ccc(C(C)C)cc1-c1cc(CC2CCCC2)cc[n+]1C. The maximum atomic E-state index is 2.42. The molecule has 1 saturated carbocycles. The van der Waals surface area contributed by atoms with Gasteiger partial charge >= 0.3 is 0 Å². The first-order chi connectivity index (χ1) is 11.0. The van der Waals surface area contributed by atoms with E-state index in [0.29, 0.717) is 5.92 Å². The van der Waals surface area contributed by atoms with Gasteiger partial charge in [0.15, 0.2) is 6.20 Å². The molecule has 1 heteroatoms. The van der Waals surface area contributed by atoms with E-state index >= 15 is 0 Å². The van der Waals surface area contributed by atoms with Crippen LogP contribution in [0.3, 0.4) is 0 Å². The van der Waals surface area contributed by atoms with Crippen molar-refractivity contribution < 1.29 is 4.57 Å². The molecule has 0 atom stereocenters. The molecular formula is C22H30N+. The lowest BCUT2D eigenvalue weighted by Crippen LogP contribution is -2.31. The second kappa shape index (κ2) is 6.86. The minimum absolute atomic E-state index is 0.571. The molecule has 0 unspecified atom stereocenters. The highest BCUT2D eigenvalue weighted by atomic mass is 14.9. The van der Waals surface area contributed by atoms with Gasteiger partial charge < -0.3 is 0 Å². The summed E-state index contributed by atoms with van der Waals surface area (Å²) < 4.78 is 2.27. The molecular weight excluding hydrogens is 278 g/mol. The Balaban J connectivity index is 1.96. The fourth-order valence-electron chi connectivity index (χ4n) is 3.83. The van der Waals surface area contributed by atoms with Crippen molar-refractivity contribution >= 4 is 0 Å². The van der Waals surface area contributed by atoms with Crippen LogP contribution in [0.2, 0.25) is 0 Å². The number of aromatic nitrogens is 1. The summed E-state index contributed by atoms with van der Waals surface area (Å²) in [4.78, 5) is 0. The highest BCUT2D eigenvalue weighted by Gasteiger charge is 2.19. The zero-order valence-electron chi connectivity index (χ0n) is 15.1. The molecule has 1 heterocycles. The van der Waals surface area contributed by atoms with Gasteiger partial charge in [-0.1, -0.05) is 51.7 Å². The average Bonchev–Trinajstić information content (AvgIpc) is 3.02. The van der Waals surface area contributed by atoms with E-state index in [1.165, 1.54) is 60.1 Å². The van der Waals surface area contributed by atoms with Crippen molar-refractivity contribution in [1.82, 2.24) is 0 Å². The molecule has 1 nitrogen and oxygen atoms in total. The Hall–Kier alpha value is -1.63. The summed E-state index contributed by atoms with van der Waals surface area (Å²) in [5.74, 6) is 1.47. The summed E-state index contributed by atoms with van der Waals surface area (Å²) in [5.41, 5.74) is 7.02. The molecule has 0 saturated heterocycles. The Morgan fingerprint density at radius 3 is 2.52 bits per heavy atom. The van der Waals surface area contributed by atoms with E-state index in [2.05, 4.69) is 68.9 Å². The number of rotatable bonds is 4. The van der Waals surface area contributed by atoms with E-state index in [1.807, 2.05) is 0 Å². The van der Waals surface area contributed by atoms with E-state index in [-0.39, 0.29) is 0 Å². The highest BCUT2D eigenvalue weighted by Crippen LogP contribution is 2.30. The first-order valence-electron chi connectivity index (χ1n) is 9.14. The first-order valence-corrected chi connectivity index (χ1v) is 9.14. The van der Waals surface area contributed by atoms with Crippen molar-refractivity contribution in [1.29, 1.82) is 0 Å². The molecule has 0 aliphatic heterocycles. The molecule has 0 amide bonds. The van der Waals surface area contributed by atoms with Crippen LogP contribution < -0.4 is 4.57 Å². The molecule has 3 rings (SSSR count). The summed E-state index contributed by atoms with van der Waals surface area (Å²) in [7, 11) is 2.16. The molecule has 1 aliphatic carbocycles. The van der Waals surface area contributed by atoms with Crippen molar-refractivity contribution in [3.8, 4) is 11.3 Å². The van der Waals surface area contributed by atoms with E-state index in [0.717, 1.165) is 5.92 Å². The summed E-state index contributed by atoms with van der Waals surface area (Å²) in [6.07, 6.45) is 9.16. The van der Waals surface area contributed by atoms with Gasteiger partial charge in [-0.3, -0.25) is 0 Å². The molecule has 122 valence electrons. The molecule has 1 aromatic carbocycles. The Labute approximate surface area is 141 Å². The number of nitrogens with zero attached hydrogens (tertiary/aromatic N) is 1. The van der Waals surface area contributed by atoms with Crippen molar-refractivity contribution in [3.05, 3.63) is 53.2 Å². The fraction of sp³-hybridized carbons (Fsp3) is 0.500. The van der Waals surface area contributed by atoms with Gasteiger partial charge in [0.05, 0.1) is 0 Å². The van der Waals surface area contributed by atoms with Crippen LogP contribution in [0.25, 0.3) is 11.3 Å². The molecule has 2 aromatic rings. The molecule has 0 radical (unpaired) electrons. The molecule has 1 aliphatic rings. The Morgan fingerprint density at radius 1 is 1.09 bits per heavy atom. The van der Waals surface area contributed by atoms with Gasteiger partial charge in [-0.15, -0.1) is 0 Å². The van der Waals surface area contributed by atoms with E-state index in [4.69, 9.17) is 0 Å². The fourth-order valence-corrected chi connectivity index (χ4v) is 3.83. The number of aryl methyl sites for hydroxylation is 2. The third-order valence-electron chi connectivity index (χ3n) is 5.42. The average molecular weight is 308 g/mol. The monoisotopic (exact) mass is 308 g/mol. The quantitative estimate of drug-likeness (QED) is 0.671. The minimum Gasteiger partial charge on any atom is -0.201 e. The van der Waals surface area contributed by atoms with Gasteiger partial charge in [-0.2, -0.15) is 0 Å². The van der Waals surface area contributed by atoms with Crippen LogP contribution in [-0.4, -0.2) is 0 Å². The molecule has 0 N–H and O–H groups in total. The van der Waals surface area contributed by atoms with Crippen LogP contribution in [0.4, 0.5) is 0 Å². The normalized spacial score (nSPS) is 15.5. The predicted molar refractivity (Wildman–Crippen MR) is 97.5 cm³/mol. The Morgan fingerprint density at radius 2 is 1.83 bits per heavy atom. The molecule has 23 heavy (non-hydrogen) atoms. The van der Waals surface area contributed by atoms with E-state index < -0.39 is 0 Å². The molecule has 0 spiro atoms. The molecule has 1 fully saturated rings. The first kappa shape index (κ1) is 16.2. The van der Waals surface area contributed by atoms with E-state index in [9.17, 15) is 0 Å². The van der Waals surface area contributed by atoms with Crippen molar-refractivity contribution in [2.75, 3.05) is 0 Å². The summed E-state index contributed by atoms with van der Waals surface area (Å²) in [6.45, 7) is 6.76. The highest BCUT2D eigenvalue weighted by molar-refractivity contribution is 5.62. The van der Waals surface area contributed by atoms with Gasteiger partial charge in [0.2, 0.25) is 5.69 Å². The van der Waals surface area contributed by atoms with Crippen molar-refractivity contribution in [3.63, 3.8) is 0 Å². The van der Waals surface area contributed by atoms with Gasteiger partial charge in [0, 0.05) is 17.7 Å². The second-order valence-electron chi connectivity index (χ2n) is 7.61. The van der Waals surface area contributed by atoms with Crippen LogP contribution in [0.5, 0.6) is 0 Å². The number of pyridine rings is 1. The van der Waals surface area contributed by atoms with E-state index in [1.54, 1.807) is 0 Å². The lowest BCUT2D eigenvalue weighted by Gasteiger charge is -2.12. The standard InChI is InChI=1S/C22H30N/c1-16(2)20-10-9-17(3)21(15-20)22-14-19(11-12-23(22)4)13-18-7-5-6-8-18/h9-12,14-16,18H,5-8,13H2,1-4H3/q+1. The Bertz CT molecular complexity index is 678. The molecule has 1 aromatic heterocycles. The summed E-state index contributed by atoms with van der Waals surface area (Å²) in [6, 6.07) is 11.7. The van der Waals surface area contributed by atoms with Gasteiger partial charge in [-0.25, -0.2) is 4.57 Å². The van der Waals surface area contributed by atoms with Gasteiger partial charge in [0.1, 0.15) is 7.05 Å². The maximum absolute atomic E-state index is 2.42. The zero-order chi connectivity index (χ0) is 16.4. The minimum atomic E-state index is 0.571. The topological polar surface area (TPSA) is 3.88 Å². The largest absolute Gasteiger partial charge is 0.212 e. The van der Waals surface area contributed by atoms with Crippen molar-refractivity contribution in [2.24, 2.45) is 13.0 Å². The maximum Gasteiger partial charge on any atom is 0.212 e. The van der Waals surface area contributed by atoms with Crippen LogP contribution in [0, 0.1) is 12.8 Å². The number of hydrogen-bond acceptors (Lipinski definition) is 0. The van der Waals surface area contributed by atoms with Crippen LogP contribution in [0.1, 0.15) is 62.1 Å². The molecule has 0 bridgehead atoms. The van der Waals surface area contributed by atoms with Crippen LogP contribution in [-0.2, 0) is 13.5 Å². The lowest BCUT2D eigenvalue weighted by atomic mass is 9.93. The summed E-state index contributed by atoms with van der Waals surface area (Å²) >= 11 is 0. The predicted octanol–water partition coefficient (Wildman–Crippen LogP) is 5.34.